The Morgan fingerprint density at radius 1 is 1.00 bits per heavy atom. The van der Waals surface area contributed by atoms with Crippen molar-refractivity contribution in [2.75, 3.05) is 7.11 Å². The van der Waals surface area contributed by atoms with E-state index in [2.05, 4.69) is 10.1 Å². The summed E-state index contributed by atoms with van der Waals surface area (Å²) in [7, 11) is 1.34. The summed E-state index contributed by atoms with van der Waals surface area (Å²) in [5, 5.41) is 2.81. The highest BCUT2D eigenvalue weighted by Crippen LogP contribution is 2.15. The Balaban J connectivity index is 1.57. The van der Waals surface area contributed by atoms with Crippen molar-refractivity contribution in [2.45, 2.75) is 13.2 Å². The largest absolute Gasteiger partial charge is 0.489 e. The third-order valence-corrected chi connectivity index (χ3v) is 3.87. The standard InChI is InChI=1S/C21H19NO5/c1-25-21(24)16-7-9-18(10-8-16)27-14-15-4-2-5-17(12-15)20(23)22-13-19-6-3-11-26-19/h2-12H,13-14H2,1H3,(H,22,23). The van der Waals surface area contributed by atoms with Gasteiger partial charge in [-0.1, -0.05) is 12.1 Å². The smallest absolute Gasteiger partial charge is 0.337 e. The molecule has 0 saturated carbocycles. The molecule has 6 heteroatoms. The lowest BCUT2D eigenvalue weighted by Gasteiger charge is -2.09. The minimum absolute atomic E-state index is 0.185. The first kappa shape index (κ1) is 18.3. The monoisotopic (exact) mass is 365 g/mol. The Kier molecular flexibility index (Phi) is 5.89. The number of carbonyl (C=O) groups is 2. The van der Waals surface area contributed by atoms with Crippen molar-refractivity contribution >= 4 is 11.9 Å². The van der Waals surface area contributed by atoms with Gasteiger partial charge in [-0.25, -0.2) is 4.79 Å². The Morgan fingerprint density at radius 3 is 2.52 bits per heavy atom. The van der Waals surface area contributed by atoms with Crippen LogP contribution < -0.4 is 10.1 Å². The molecule has 0 aliphatic heterocycles. The second-order valence-electron chi connectivity index (χ2n) is 5.77. The van der Waals surface area contributed by atoms with Crippen LogP contribution in [0.1, 0.15) is 32.0 Å². The minimum atomic E-state index is -0.394. The lowest BCUT2D eigenvalue weighted by atomic mass is 10.1. The van der Waals surface area contributed by atoms with Gasteiger partial charge in [0, 0.05) is 5.56 Å². The van der Waals surface area contributed by atoms with Gasteiger partial charge in [-0.15, -0.1) is 0 Å². The molecule has 3 aromatic rings. The van der Waals surface area contributed by atoms with Crippen LogP contribution in [-0.2, 0) is 17.9 Å². The second-order valence-corrected chi connectivity index (χ2v) is 5.77. The van der Waals surface area contributed by atoms with Crippen LogP contribution in [0, 0.1) is 0 Å². The van der Waals surface area contributed by atoms with Gasteiger partial charge < -0.3 is 19.2 Å². The van der Waals surface area contributed by atoms with E-state index in [0.29, 0.717) is 35.8 Å². The van der Waals surface area contributed by atoms with Gasteiger partial charge in [-0.2, -0.15) is 0 Å². The number of nitrogens with one attached hydrogen (secondary N) is 1. The van der Waals surface area contributed by atoms with E-state index in [1.165, 1.54) is 7.11 Å². The number of amides is 1. The third kappa shape index (κ3) is 4.98. The summed E-state index contributed by atoms with van der Waals surface area (Å²) in [5.41, 5.74) is 1.86. The fraction of sp³-hybridized carbons (Fsp3) is 0.143. The van der Waals surface area contributed by atoms with Gasteiger partial charge in [0.1, 0.15) is 18.1 Å². The number of hydrogen-bond acceptors (Lipinski definition) is 5. The highest BCUT2D eigenvalue weighted by Gasteiger charge is 2.08. The number of carbonyl (C=O) groups excluding carboxylic acids is 2. The van der Waals surface area contributed by atoms with E-state index in [-0.39, 0.29) is 5.91 Å². The SMILES string of the molecule is COC(=O)c1ccc(OCc2cccc(C(=O)NCc3ccco3)c2)cc1. The van der Waals surface area contributed by atoms with Crippen LogP contribution in [0.5, 0.6) is 5.75 Å². The summed E-state index contributed by atoms with van der Waals surface area (Å²) < 4.78 is 15.6. The molecule has 138 valence electrons. The molecule has 0 saturated heterocycles. The lowest BCUT2D eigenvalue weighted by Crippen LogP contribution is -2.22. The Morgan fingerprint density at radius 2 is 1.81 bits per heavy atom. The normalized spacial score (nSPS) is 10.3. The van der Waals surface area contributed by atoms with Crippen molar-refractivity contribution in [3.8, 4) is 5.75 Å². The van der Waals surface area contributed by atoms with Gasteiger partial charge in [-0.3, -0.25) is 4.79 Å². The van der Waals surface area contributed by atoms with Crippen molar-refractivity contribution in [3.05, 3.63) is 89.4 Å². The van der Waals surface area contributed by atoms with Crippen molar-refractivity contribution in [2.24, 2.45) is 0 Å². The predicted octanol–water partition coefficient (Wildman–Crippen LogP) is 3.58. The molecule has 0 spiro atoms. The maximum atomic E-state index is 12.3. The van der Waals surface area contributed by atoms with Crippen molar-refractivity contribution < 1.29 is 23.5 Å². The fourth-order valence-corrected chi connectivity index (χ4v) is 2.46. The van der Waals surface area contributed by atoms with Crippen LogP contribution in [0.2, 0.25) is 0 Å². The first-order valence-corrected chi connectivity index (χ1v) is 8.36. The van der Waals surface area contributed by atoms with E-state index in [1.807, 2.05) is 6.07 Å². The summed E-state index contributed by atoms with van der Waals surface area (Å²) in [6.45, 7) is 0.635. The number of rotatable bonds is 7. The van der Waals surface area contributed by atoms with Crippen molar-refractivity contribution in [1.82, 2.24) is 5.32 Å². The van der Waals surface area contributed by atoms with Gasteiger partial charge in [0.05, 0.1) is 25.5 Å². The molecule has 0 radical (unpaired) electrons. The summed E-state index contributed by atoms with van der Waals surface area (Å²) in [5.74, 6) is 0.735. The van der Waals surface area contributed by atoms with Crippen LogP contribution >= 0.6 is 0 Å². The molecule has 0 fully saturated rings. The summed E-state index contributed by atoms with van der Waals surface area (Å²) in [4.78, 5) is 23.7. The minimum Gasteiger partial charge on any atom is -0.489 e. The number of hydrogen-bond donors (Lipinski definition) is 1. The van der Waals surface area contributed by atoms with Gasteiger partial charge in [-0.05, 0) is 54.1 Å². The molecule has 0 aliphatic carbocycles. The highest BCUT2D eigenvalue weighted by molar-refractivity contribution is 5.94. The summed E-state index contributed by atoms with van der Waals surface area (Å²) in [6.07, 6.45) is 1.57. The van der Waals surface area contributed by atoms with E-state index < -0.39 is 5.97 Å². The van der Waals surface area contributed by atoms with Crippen LogP contribution in [0.4, 0.5) is 0 Å². The highest BCUT2D eigenvalue weighted by atomic mass is 16.5. The van der Waals surface area contributed by atoms with Gasteiger partial charge >= 0.3 is 5.97 Å². The van der Waals surface area contributed by atoms with Gasteiger partial charge in [0.2, 0.25) is 0 Å². The molecular formula is C21H19NO5. The van der Waals surface area contributed by atoms with Crippen LogP contribution in [0.15, 0.2) is 71.3 Å². The molecule has 27 heavy (non-hydrogen) atoms. The van der Waals surface area contributed by atoms with E-state index in [9.17, 15) is 9.59 Å². The maximum absolute atomic E-state index is 12.3. The van der Waals surface area contributed by atoms with E-state index in [4.69, 9.17) is 9.15 Å². The molecule has 0 bridgehead atoms. The second kappa shape index (κ2) is 8.71. The summed E-state index contributed by atoms with van der Waals surface area (Å²) in [6, 6.07) is 17.5. The average Bonchev–Trinajstić information content (AvgIpc) is 3.24. The zero-order chi connectivity index (χ0) is 19.1. The van der Waals surface area contributed by atoms with Crippen LogP contribution in [0.25, 0.3) is 0 Å². The first-order chi connectivity index (χ1) is 13.2. The Hall–Kier alpha value is -3.54. The molecule has 1 amide bonds. The molecule has 3 rings (SSSR count). The summed E-state index contributed by atoms with van der Waals surface area (Å²) >= 11 is 0. The number of methoxy groups -OCH3 is 1. The zero-order valence-electron chi connectivity index (χ0n) is 14.8. The van der Waals surface area contributed by atoms with E-state index in [1.54, 1.807) is 60.9 Å². The molecule has 1 heterocycles. The van der Waals surface area contributed by atoms with E-state index in [0.717, 1.165) is 5.56 Å². The Bertz CT molecular complexity index is 901. The maximum Gasteiger partial charge on any atom is 0.337 e. The quantitative estimate of drug-likeness (QED) is 0.648. The molecule has 6 nitrogen and oxygen atoms in total. The topological polar surface area (TPSA) is 77.8 Å². The lowest BCUT2D eigenvalue weighted by molar-refractivity contribution is 0.0600. The molecule has 1 aromatic heterocycles. The average molecular weight is 365 g/mol. The van der Waals surface area contributed by atoms with Gasteiger partial charge in [0.25, 0.3) is 5.91 Å². The number of ether oxygens (including phenoxy) is 2. The zero-order valence-corrected chi connectivity index (χ0v) is 14.8. The molecule has 0 aliphatic rings. The Labute approximate surface area is 156 Å². The molecule has 1 N–H and O–H groups in total. The van der Waals surface area contributed by atoms with E-state index >= 15 is 0 Å². The van der Waals surface area contributed by atoms with Crippen molar-refractivity contribution in [1.29, 1.82) is 0 Å². The third-order valence-electron chi connectivity index (χ3n) is 3.87. The molecule has 0 unspecified atom stereocenters. The molecular weight excluding hydrogens is 346 g/mol. The number of esters is 1. The number of furan rings is 1. The number of benzene rings is 2. The van der Waals surface area contributed by atoms with Crippen LogP contribution in [-0.4, -0.2) is 19.0 Å². The fourth-order valence-electron chi connectivity index (χ4n) is 2.46. The van der Waals surface area contributed by atoms with Crippen molar-refractivity contribution in [3.63, 3.8) is 0 Å². The predicted molar refractivity (Wildman–Crippen MR) is 98.4 cm³/mol. The molecule has 0 atom stereocenters. The molecule has 2 aromatic carbocycles. The van der Waals surface area contributed by atoms with Crippen LogP contribution in [0.3, 0.4) is 0 Å². The van der Waals surface area contributed by atoms with Gasteiger partial charge in [0.15, 0.2) is 0 Å². The first-order valence-electron chi connectivity index (χ1n) is 8.36.